The number of carbonyl (C=O) groups excluding carboxylic acids is 1. The second-order valence-corrected chi connectivity index (χ2v) is 7.98. The van der Waals surface area contributed by atoms with Crippen molar-refractivity contribution in [3.63, 3.8) is 0 Å². The Morgan fingerprint density at radius 1 is 1.03 bits per heavy atom. The molecular formula is C24H23N5O. The van der Waals surface area contributed by atoms with Crippen LogP contribution in [0.25, 0.3) is 16.7 Å². The number of benzene rings is 2. The summed E-state index contributed by atoms with van der Waals surface area (Å²) in [6, 6.07) is 11.9. The number of fused-ring (bicyclic) bond motifs is 2. The fourth-order valence-electron chi connectivity index (χ4n) is 4.35. The molecule has 2 heterocycles. The van der Waals surface area contributed by atoms with Gasteiger partial charge in [0.2, 0.25) is 0 Å². The second-order valence-electron chi connectivity index (χ2n) is 7.98. The molecule has 4 aromatic rings. The summed E-state index contributed by atoms with van der Waals surface area (Å²) in [5.41, 5.74) is 7.89. The number of aromatic nitrogens is 4. The van der Waals surface area contributed by atoms with Crippen molar-refractivity contribution in [1.82, 2.24) is 25.1 Å². The van der Waals surface area contributed by atoms with Gasteiger partial charge in [0.25, 0.3) is 5.91 Å². The molecule has 1 amide bonds. The molecule has 2 aromatic heterocycles. The highest BCUT2D eigenvalue weighted by Crippen LogP contribution is 2.31. The first-order valence-corrected chi connectivity index (χ1v) is 10.3. The Balaban J connectivity index is 1.43. The molecule has 0 saturated heterocycles. The van der Waals surface area contributed by atoms with Crippen LogP contribution in [0.1, 0.15) is 51.6 Å². The number of rotatable bonds is 3. The van der Waals surface area contributed by atoms with Gasteiger partial charge in [0.15, 0.2) is 0 Å². The van der Waals surface area contributed by atoms with Gasteiger partial charge in [-0.3, -0.25) is 14.8 Å². The Hall–Kier alpha value is -3.54. The van der Waals surface area contributed by atoms with E-state index in [2.05, 4.69) is 52.4 Å². The van der Waals surface area contributed by atoms with Crippen molar-refractivity contribution in [2.24, 2.45) is 0 Å². The lowest BCUT2D eigenvalue weighted by Crippen LogP contribution is -2.31. The number of hydrogen-bond acceptors (Lipinski definition) is 4. The average molecular weight is 397 g/mol. The molecule has 30 heavy (non-hydrogen) atoms. The van der Waals surface area contributed by atoms with Crippen molar-refractivity contribution >= 4 is 16.9 Å². The highest BCUT2D eigenvalue weighted by molar-refractivity contribution is 5.97. The van der Waals surface area contributed by atoms with E-state index in [0.717, 1.165) is 41.5 Å². The zero-order chi connectivity index (χ0) is 20.7. The van der Waals surface area contributed by atoms with Crippen molar-refractivity contribution < 1.29 is 4.79 Å². The van der Waals surface area contributed by atoms with Crippen LogP contribution in [0, 0.1) is 13.8 Å². The molecule has 1 atom stereocenters. The van der Waals surface area contributed by atoms with E-state index in [9.17, 15) is 4.79 Å². The molecule has 1 aliphatic carbocycles. The number of carbonyl (C=O) groups is 1. The van der Waals surface area contributed by atoms with Gasteiger partial charge < -0.3 is 5.32 Å². The minimum Gasteiger partial charge on any atom is -0.345 e. The zero-order valence-corrected chi connectivity index (χ0v) is 17.1. The SMILES string of the molecule is Cc1cc(C)cc(-n2ncc3c2CCC[C@@H]3NC(=O)c2ccc3nccnc3c2)c1. The van der Waals surface area contributed by atoms with Gasteiger partial charge in [-0.05, 0) is 74.6 Å². The maximum Gasteiger partial charge on any atom is 0.251 e. The summed E-state index contributed by atoms with van der Waals surface area (Å²) in [6.07, 6.45) is 8.07. The highest BCUT2D eigenvalue weighted by atomic mass is 16.1. The van der Waals surface area contributed by atoms with Crippen LogP contribution in [0.4, 0.5) is 0 Å². The lowest BCUT2D eigenvalue weighted by atomic mass is 9.92. The number of nitrogens with zero attached hydrogens (tertiary/aromatic N) is 4. The first kappa shape index (κ1) is 18.5. The van der Waals surface area contributed by atoms with E-state index in [-0.39, 0.29) is 11.9 Å². The largest absolute Gasteiger partial charge is 0.345 e. The molecule has 0 unspecified atom stereocenters. The molecule has 0 spiro atoms. The van der Waals surface area contributed by atoms with Crippen LogP contribution in [-0.4, -0.2) is 25.7 Å². The van der Waals surface area contributed by atoms with Gasteiger partial charge in [0, 0.05) is 29.2 Å². The fraction of sp³-hybridized carbons (Fsp3) is 0.250. The van der Waals surface area contributed by atoms with Crippen molar-refractivity contribution in [1.29, 1.82) is 0 Å². The van der Waals surface area contributed by atoms with Crippen LogP contribution >= 0.6 is 0 Å². The van der Waals surface area contributed by atoms with Crippen LogP contribution in [0.3, 0.4) is 0 Å². The molecule has 150 valence electrons. The van der Waals surface area contributed by atoms with Crippen LogP contribution in [0.5, 0.6) is 0 Å². The van der Waals surface area contributed by atoms with E-state index in [1.807, 2.05) is 16.9 Å². The monoisotopic (exact) mass is 397 g/mol. The Labute approximate surface area is 175 Å². The third-order valence-corrected chi connectivity index (χ3v) is 5.67. The lowest BCUT2D eigenvalue weighted by molar-refractivity contribution is 0.0933. The molecule has 0 fully saturated rings. The Morgan fingerprint density at radius 2 is 1.80 bits per heavy atom. The molecule has 1 N–H and O–H groups in total. The van der Waals surface area contributed by atoms with Gasteiger partial charge in [0.1, 0.15) is 0 Å². The molecule has 2 aromatic carbocycles. The predicted octanol–water partition coefficient (Wildman–Crippen LogP) is 4.24. The molecule has 5 rings (SSSR count). The highest BCUT2D eigenvalue weighted by Gasteiger charge is 2.26. The zero-order valence-electron chi connectivity index (χ0n) is 17.1. The van der Waals surface area contributed by atoms with E-state index in [4.69, 9.17) is 0 Å². The summed E-state index contributed by atoms with van der Waals surface area (Å²) >= 11 is 0. The molecule has 6 nitrogen and oxygen atoms in total. The number of nitrogens with one attached hydrogen (secondary N) is 1. The van der Waals surface area contributed by atoms with E-state index in [1.165, 1.54) is 16.8 Å². The minimum atomic E-state index is -0.0976. The summed E-state index contributed by atoms with van der Waals surface area (Å²) in [5, 5.41) is 7.87. The number of hydrogen-bond donors (Lipinski definition) is 1. The molecule has 1 aliphatic rings. The summed E-state index contributed by atoms with van der Waals surface area (Å²) in [5.74, 6) is -0.0976. The first-order chi connectivity index (χ1) is 14.6. The van der Waals surface area contributed by atoms with Gasteiger partial charge in [-0.2, -0.15) is 5.10 Å². The number of aryl methyl sites for hydroxylation is 2. The third kappa shape index (κ3) is 3.34. The van der Waals surface area contributed by atoms with Gasteiger partial charge in [-0.25, -0.2) is 4.68 Å². The van der Waals surface area contributed by atoms with Gasteiger partial charge in [0.05, 0.1) is 29.0 Å². The smallest absolute Gasteiger partial charge is 0.251 e. The first-order valence-electron chi connectivity index (χ1n) is 10.3. The molecule has 0 saturated carbocycles. The summed E-state index contributed by atoms with van der Waals surface area (Å²) in [7, 11) is 0. The Kier molecular flexibility index (Phi) is 4.54. The molecule has 0 aliphatic heterocycles. The summed E-state index contributed by atoms with van der Waals surface area (Å²) < 4.78 is 2.03. The third-order valence-electron chi connectivity index (χ3n) is 5.67. The second kappa shape index (κ2) is 7.37. The van der Waals surface area contributed by atoms with Gasteiger partial charge >= 0.3 is 0 Å². The van der Waals surface area contributed by atoms with Crippen molar-refractivity contribution in [2.75, 3.05) is 0 Å². The van der Waals surface area contributed by atoms with Crippen LogP contribution < -0.4 is 5.32 Å². The molecule has 0 bridgehead atoms. The van der Waals surface area contributed by atoms with Crippen LogP contribution in [0.2, 0.25) is 0 Å². The van der Waals surface area contributed by atoms with E-state index >= 15 is 0 Å². The fourth-order valence-corrected chi connectivity index (χ4v) is 4.35. The van der Waals surface area contributed by atoms with Gasteiger partial charge in [-0.15, -0.1) is 0 Å². The summed E-state index contributed by atoms with van der Waals surface area (Å²) in [4.78, 5) is 21.5. The molecule has 6 heteroatoms. The van der Waals surface area contributed by atoms with Crippen LogP contribution in [0.15, 0.2) is 55.0 Å². The van der Waals surface area contributed by atoms with Crippen molar-refractivity contribution in [2.45, 2.75) is 39.2 Å². The quantitative estimate of drug-likeness (QED) is 0.561. The Bertz CT molecular complexity index is 1240. The topological polar surface area (TPSA) is 72.7 Å². The molecule has 0 radical (unpaired) electrons. The average Bonchev–Trinajstić information content (AvgIpc) is 3.18. The predicted molar refractivity (Wildman–Crippen MR) is 116 cm³/mol. The Morgan fingerprint density at radius 3 is 2.60 bits per heavy atom. The normalized spacial score (nSPS) is 15.7. The lowest BCUT2D eigenvalue weighted by Gasteiger charge is -2.24. The van der Waals surface area contributed by atoms with E-state index < -0.39 is 0 Å². The number of amides is 1. The maximum absolute atomic E-state index is 12.9. The van der Waals surface area contributed by atoms with Crippen molar-refractivity contribution in [3.05, 3.63) is 82.9 Å². The summed E-state index contributed by atoms with van der Waals surface area (Å²) in [6.45, 7) is 4.20. The minimum absolute atomic E-state index is 0.0431. The van der Waals surface area contributed by atoms with E-state index in [0.29, 0.717) is 5.56 Å². The van der Waals surface area contributed by atoms with Gasteiger partial charge in [-0.1, -0.05) is 6.07 Å². The maximum atomic E-state index is 12.9. The van der Waals surface area contributed by atoms with Crippen molar-refractivity contribution in [3.8, 4) is 5.69 Å². The molecular weight excluding hydrogens is 374 g/mol. The van der Waals surface area contributed by atoms with E-state index in [1.54, 1.807) is 24.5 Å². The van der Waals surface area contributed by atoms with Crippen LogP contribution in [-0.2, 0) is 6.42 Å². The standard InChI is InChI=1S/C24H23N5O/c1-15-10-16(2)12-18(11-15)29-23-5-3-4-20(19(23)14-27-29)28-24(30)17-6-7-21-22(13-17)26-9-8-25-21/h6-14,20H,3-5H2,1-2H3,(H,28,30)/t20-/m0/s1.